The molecule has 7 heteroatoms. The van der Waals surface area contributed by atoms with Crippen molar-refractivity contribution >= 4 is 21.6 Å². The van der Waals surface area contributed by atoms with Gasteiger partial charge in [-0.25, -0.2) is 9.67 Å². The number of halogens is 1. The fourth-order valence-electron chi connectivity index (χ4n) is 1.85. The van der Waals surface area contributed by atoms with Crippen LogP contribution in [0, 0.1) is 0 Å². The van der Waals surface area contributed by atoms with Crippen LogP contribution in [0.2, 0.25) is 0 Å². The van der Waals surface area contributed by atoms with E-state index >= 15 is 0 Å². The third-order valence-electron chi connectivity index (χ3n) is 2.92. The summed E-state index contributed by atoms with van der Waals surface area (Å²) in [6.07, 6.45) is 5.24. The molecular weight excluding hydrogens is 334 g/mol. The number of hydrogen-bond donors (Lipinski definition) is 1. The smallest absolute Gasteiger partial charge is 0.253 e. The lowest BCUT2D eigenvalue weighted by Crippen LogP contribution is -2.03. The number of aromatic nitrogens is 4. The topological polar surface area (TPSA) is 78.9 Å². The highest BCUT2D eigenvalue weighted by molar-refractivity contribution is 9.10. The van der Waals surface area contributed by atoms with Crippen molar-refractivity contribution in [1.29, 1.82) is 0 Å². The van der Waals surface area contributed by atoms with Crippen molar-refractivity contribution in [3.63, 3.8) is 0 Å². The summed E-state index contributed by atoms with van der Waals surface area (Å²) in [5, 5.41) is 4.28. The Kier molecular flexibility index (Phi) is 3.57. The molecule has 6 nitrogen and oxygen atoms in total. The zero-order chi connectivity index (χ0) is 14.8. The van der Waals surface area contributed by atoms with Gasteiger partial charge in [-0.05, 0) is 33.6 Å². The van der Waals surface area contributed by atoms with Crippen LogP contribution in [-0.2, 0) is 0 Å². The van der Waals surface area contributed by atoms with E-state index in [4.69, 9.17) is 10.5 Å². The van der Waals surface area contributed by atoms with E-state index in [2.05, 4.69) is 31.0 Å². The monoisotopic (exact) mass is 345 g/mol. The van der Waals surface area contributed by atoms with Crippen LogP contribution < -0.4 is 10.5 Å². The molecule has 0 spiro atoms. The fourth-order valence-corrected chi connectivity index (χ4v) is 2.21. The molecule has 0 bridgehead atoms. The van der Waals surface area contributed by atoms with E-state index in [1.165, 1.54) is 0 Å². The molecule has 3 rings (SSSR count). The Balaban J connectivity index is 1.96. The van der Waals surface area contributed by atoms with Crippen LogP contribution in [0.3, 0.4) is 0 Å². The van der Waals surface area contributed by atoms with Gasteiger partial charge >= 0.3 is 0 Å². The van der Waals surface area contributed by atoms with Crippen molar-refractivity contribution in [3.05, 3.63) is 47.3 Å². The van der Waals surface area contributed by atoms with Crippen molar-refractivity contribution in [2.24, 2.45) is 0 Å². The number of benzene rings is 1. The minimum atomic E-state index is 0.441. The molecule has 1 aromatic carbocycles. The van der Waals surface area contributed by atoms with E-state index in [9.17, 15) is 0 Å². The molecule has 2 N–H and O–H groups in total. The molecule has 0 fully saturated rings. The molecule has 2 heterocycles. The first kappa shape index (κ1) is 13.6. The molecule has 0 unspecified atom stereocenters. The summed E-state index contributed by atoms with van der Waals surface area (Å²) < 4.78 is 7.45. The number of nitrogen functional groups attached to an aromatic ring is 1. The maximum Gasteiger partial charge on any atom is 0.253 e. The lowest BCUT2D eigenvalue weighted by Gasteiger charge is -2.04. The highest BCUT2D eigenvalue weighted by atomic mass is 79.9. The van der Waals surface area contributed by atoms with Crippen LogP contribution >= 0.6 is 15.9 Å². The second-order valence-corrected chi connectivity index (χ2v) is 5.18. The molecule has 0 saturated heterocycles. The fraction of sp³-hybridized carbons (Fsp3) is 0.0714. The summed E-state index contributed by atoms with van der Waals surface area (Å²) >= 11 is 3.32. The third kappa shape index (κ3) is 2.73. The number of nitrogens with zero attached hydrogens (tertiary/aromatic N) is 4. The molecule has 2 aromatic heterocycles. The van der Waals surface area contributed by atoms with E-state index in [-0.39, 0.29) is 0 Å². The summed E-state index contributed by atoms with van der Waals surface area (Å²) in [5.74, 6) is 0.904. The molecule has 0 aliphatic rings. The average molecular weight is 346 g/mol. The Labute approximate surface area is 129 Å². The van der Waals surface area contributed by atoms with Gasteiger partial charge in [0, 0.05) is 17.4 Å². The Morgan fingerprint density at radius 3 is 2.62 bits per heavy atom. The third-order valence-corrected chi connectivity index (χ3v) is 3.47. The van der Waals surface area contributed by atoms with Crippen molar-refractivity contribution < 1.29 is 4.74 Å². The number of hydrogen-bond acceptors (Lipinski definition) is 5. The predicted molar refractivity (Wildman–Crippen MR) is 83.3 cm³/mol. The van der Waals surface area contributed by atoms with Crippen LogP contribution in [-0.4, -0.2) is 26.9 Å². The zero-order valence-corrected chi connectivity index (χ0v) is 12.8. The summed E-state index contributed by atoms with van der Waals surface area (Å²) in [4.78, 5) is 8.50. The van der Waals surface area contributed by atoms with Gasteiger partial charge in [-0.3, -0.25) is 0 Å². The van der Waals surface area contributed by atoms with E-state index in [0.29, 0.717) is 16.3 Å². The summed E-state index contributed by atoms with van der Waals surface area (Å²) in [6.45, 7) is 0. The van der Waals surface area contributed by atoms with E-state index in [1.54, 1.807) is 24.2 Å². The molecule has 106 valence electrons. The first-order chi connectivity index (χ1) is 10.2. The second-order valence-electron chi connectivity index (χ2n) is 4.32. The number of anilines is 1. The quantitative estimate of drug-likeness (QED) is 0.738. The summed E-state index contributed by atoms with van der Waals surface area (Å²) in [7, 11) is 1.56. The lowest BCUT2D eigenvalue weighted by molar-refractivity contribution is 0.392. The van der Waals surface area contributed by atoms with Crippen molar-refractivity contribution in [3.8, 4) is 23.0 Å². The van der Waals surface area contributed by atoms with Gasteiger partial charge in [0.15, 0.2) is 0 Å². The molecule has 0 aliphatic carbocycles. The Morgan fingerprint density at radius 2 is 1.90 bits per heavy atom. The standard InChI is InChI=1S/C14H12BrN5O/c1-21-13-12(15)7-17-14(19-13)20-8-10(6-18-20)9-2-4-11(16)5-3-9/h2-8H,16H2,1H3. The molecule has 0 saturated carbocycles. The van der Waals surface area contributed by atoms with Crippen LogP contribution in [0.4, 0.5) is 5.69 Å². The number of ether oxygens (including phenoxy) is 1. The normalized spacial score (nSPS) is 10.6. The van der Waals surface area contributed by atoms with Crippen LogP contribution in [0.5, 0.6) is 5.88 Å². The molecular formula is C14H12BrN5O. The van der Waals surface area contributed by atoms with Gasteiger partial charge in [0.2, 0.25) is 5.88 Å². The Morgan fingerprint density at radius 1 is 1.14 bits per heavy atom. The molecule has 0 amide bonds. The van der Waals surface area contributed by atoms with Crippen LogP contribution in [0.1, 0.15) is 0 Å². The number of rotatable bonds is 3. The zero-order valence-electron chi connectivity index (χ0n) is 11.2. The van der Waals surface area contributed by atoms with Crippen molar-refractivity contribution in [1.82, 2.24) is 19.7 Å². The average Bonchev–Trinajstić information content (AvgIpc) is 2.98. The predicted octanol–water partition coefficient (Wildman–Crippen LogP) is 2.68. The summed E-state index contributed by atoms with van der Waals surface area (Å²) in [5.41, 5.74) is 8.40. The number of nitrogens with two attached hydrogens (primary N) is 1. The maximum atomic E-state index is 5.69. The van der Waals surface area contributed by atoms with E-state index in [1.807, 2.05) is 30.5 Å². The first-order valence-electron chi connectivity index (χ1n) is 6.15. The Hall–Kier alpha value is -2.41. The second kappa shape index (κ2) is 5.53. The van der Waals surface area contributed by atoms with Gasteiger partial charge in [-0.1, -0.05) is 12.1 Å². The molecule has 0 radical (unpaired) electrons. The molecule has 0 aliphatic heterocycles. The Bertz CT molecular complexity index is 769. The highest BCUT2D eigenvalue weighted by Crippen LogP contribution is 2.23. The van der Waals surface area contributed by atoms with Gasteiger partial charge in [-0.2, -0.15) is 10.1 Å². The molecule has 0 atom stereocenters. The van der Waals surface area contributed by atoms with E-state index < -0.39 is 0 Å². The minimum Gasteiger partial charge on any atom is -0.480 e. The molecule has 21 heavy (non-hydrogen) atoms. The summed E-state index contributed by atoms with van der Waals surface area (Å²) in [6, 6.07) is 7.59. The SMILES string of the molecule is COc1nc(-n2cc(-c3ccc(N)cc3)cn2)ncc1Br. The largest absolute Gasteiger partial charge is 0.480 e. The highest BCUT2D eigenvalue weighted by Gasteiger charge is 2.09. The van der Waals surface area contributed by atoms with Crippen LogP contribution in [0.15, 0.2) is 47.3 Å². The number of methoxy groups -OCH3 is 1. The van der Waals surface area contributed by atoms with E-state index in [0.717, 1.165) is 16.8 Å². The van der Waals surface area contributed by atoms with Gasteiger partial charge in [0.25, 0.3) is 5.95 Å². The minimum absolute atomic E-state index is 0.441. The van der Waals surface area contributed by atoms with Crippen LogP contribution in [0.25, 0.3) is 17.1 Å². The van der Waals surface area contributed by atoms with Crippen molar-refractivity contribution in [2.45, 2.75) is 0 Å². The maximum absolute atomic E-state index is 5.69. The van der Waals surface area contributed by atoms with Crippen molar-refractivity contribution in [2.75, 3.05) is 12.8 Å². The van der Waals surface area contributed by atoms with Gasteiger partial charge < -0.3 is 10.5 Å². The van der Waals surface area contributed by atoms with Gasteiger partial charge in [0.1, 0.15) is 0 Å². The molecule has 3 aromatic rings. The first-order valence-corrected chi connectivity index (χ1v) is 6.94. The van der Waals surface area contributed by atoms with Gasteiger partial charge in [-0.15, -0.1) is 0 Å². The lowest BCUT2D eigenvalue weighted by atomic mass is 10.1. The van der Waals surface area contributed by atoms with Gasteiger partial charge in [0.05, 0.1) is 24.0 Å².